The maximum absolute atomic E-state index is 13.5. The van der Waals surface area contributed by atoms with E-state index < -0.39 is 0 Å². The Morgan fingerprint density at radius 2 is 1.86 bits per heavy atom. The van der Waals surface area contributed by atoms with Crippen LogP contribution in [0, 0.1) is 11.8 Å². The lowest BCUT2D eigenvalue weighted by Crippen LogP contribution is -2.14. The zero-order valence-corrected chi connectivity index (χ0v) is 22.4. The largest absolute Gasteiger partial charge is 0.294 e. The Morgan fingerprint density at radius 3 is 2.65 bits per heavy atom. The molecule has 3 aromatic heterocycles. The Kier molecular flexibility index (Phi) is 6.44. The molecule has 3 heterocycles. The molecule has 0 radical (unpaired) electrons. The van der Waals surface area contributed by atoms with Crippen LogP contribution in [0.3, 0.4) is 0 Å². The van der Waals surface area contributed by atoms with Gasteiger partial charge < -0.3 is 0 Å². The molecular formula is C33H39N3O. The van der Waals surface area contributed by atoms with Crippen molar-refractivity contribution in [2.75, 3.05) is 0 Å². The second kappa shape index (κ2) is 9.89. The van der Waals surface area contributed by atoms with Gasteiger partial charge in [0.2, 0.25) is 0 Å². The topological polar surface area (TPSA) is 47.3 Å². The summed E-state index contributed by atoms with van der Waals surface area (Å²) in [6.07, 6.45) is 20.4. The second-order valence-corrected chi connectivity index (χ2v) is 11.4. The maximum Gasteiger partial charge on any atom is 0.169 e. The summed E-state index contributed by atoms with van der Waals surface area (Å²) in [5.41, 5.74) is 11.8. The quantitative estimate of drug-likeness (QED) is 0.271. The van der Waals surface area contributed by atoms with Gasteiger partial charge in [0, 0.05) is 36.6 Å². The van der Waals surface area contributed by atoms with Gasteiger partial charge in [-0.15, -0.1) is 0 Å². The minimum Gasteiger partial charge on any atom is -0.294 e. The molecule has 0 aromatic carbocycles. The van der Waals surface area contributed by atoms with Gasteiger partial charge in [-0.1, -0.05) is 50.3 Å². The first-order chi connectivity index (χ1) is 18.0. The molecule has 1 unspecified atom stereocenters. The Morgan fingerprint density at radius 1 is 1.05 bits per heavy atom. The van der Waals surface area contributed by atoms with Gasteiger partial charge in [0.15, 0.2) is 5.78 Å². The number of allylic oxidation sites excluding steroid dienone is 5. The van der Waals surface area contributed by atoms with E-state index in [9.17, 15) is 4.79 Å². The number of carbonyl (C=O) groups excluding carboxylic acids is 1. The molecule has 1 fully saturated rings. The van der Waals surface area contributed by atoms with Crippen LogP contribution in [0.1, 0.15) is 106 Å². The van der Waals surface area contributed by atoms with E-state index in [-0.39, 0.29) is 13.1 Å². The van der Waals surface area contributed by atoms with E-state index in [1.807, 2.05) is 10.7 Å². The molecule has 4 nitrogen and oxygen atoms in total. The number of hydrogen-bond donors (Lipinski definition) is 0. The number of hydrogen-bond acceptors (Lipinski definition) is 3. The Balaban J connectivity index is 0.00000294. The molecule has 6 rings (SSSR count). The predicted molar refractivity (Wildman–Crippen MR) is 153 cm³/mol. The predicted octanol–water partition coefficient (Wildman–Crippen LogP) is 8.27. The van der Waals surface area contributed by atoms with E-state index in [4.69, 9.17) is 4.98 Å². The first-order valence-electron chi connectivity index (χ1n) is 14.1. The van der Waals surface area contributed by atoms with Gasteiger partial charge in [-0.3, -0.25) is 9.78 Å². The minimum atomic E-state index is 0. The van der Waals surface area contributed by atoms with Gasteiger partial charge >= 0.3 is 0 Å². The van der Waals surface area contributed by atoms with Crippen molar-refractivity contribution in [3.63, 3.8) is 0 Å². The van der Waals surface area contributed by atoms with Crippen molar-refractivity contribution in [2.45, 2.75) is 78.6 Å². The molecule has 3 aliphatic rings. The summed E-state index contributed by atoms with van der Waals surface area (Å²) in [6.45, 7) is 6.78. The monoisotopic (exact) mass is 493 g/mol. The third-order valence-corrected chi connectivity index (χ3v) is 8.59. The van der Waals surface area contributed by atoms with Crippen molar-refractivity contribution >= 4 is 22.4 Å². The average Bonchev–Trinajstić information content (AvgIpc) is 3.11. The van der Waals surface area contributed by atoms with Crippen molar-refractivity contribution in [2.24, 2.45) is 11.8 Å². The van der Waals surface area contributed by atoms with Gasteiger partial charge in [0.25, 0.3) is 0 Å². The average molecular weight is 494 g/mol. The van der Waals surface area contributed by atoms with Crippen LogP contribution in [0.15, 0.2) is 60.1 Å². The van der Waals surface area contributed by atoms with Crippen LogP contribution in [0.4, 0.5) is 0 Å². The summed E-state index contributed by atoms with van der Waals surface area (Å²) in [4.78, 5) is 18.5. The highest BCUT2D eigenvalue weighted by Crippen LogP contribution is 2.38. The van der Waals surface area contributed by atoms with Crippen molar-refractivity contribution in [3.05, 3.63) is 88.0 Å². The van der Waals surface area contributed by atoms with Gasteiger partial charge in [-0.2, -0.15) is 5.10 Å². The first kappa shape index (κ1) is 24.1. The molecule has 0 amide bonds. The number of pyridine rings is 2. The molecule has 4 heteroatoms. The molecule has 0 saturated heterocycles. The number of Topliss-reactive ketones (excluding diaryl/α,β-unsaturated/α-hetero) is 1. The first-order valence-corrected chi connectivity index (χ1v) is 14.1. The summed E-state index contributed by atoms with van der Waals surface area (Å²) in [7, 11) is 0. The van der Waals surface area contributed by atoms with Crippen LogP contribution in [-0.4, -0.2) is 20.4 Å². The Labute approximate surface area is 221 Å². The van der Waals surface area contributed by atoms with Crippen LogP contribution >= 0.6 is 0 Å². The van der Waals surface area contributed by atoms with Crippen LogP contribution < -0.4 is 0 Å². The lowest BCUT2D eigenvalue weighted by atomic mass is 9.82. The van der Waals surface area contributed by atoms with Crippen LogP contribution in [0.5, 0.6) is 0 Å². The maximum atomic E-state index is 13.5. The van der Waals surface area contributed by atoms with Crippen LogP contribution in [-0.2, 0) is 6.42 Å². The minimum absolute atomic E-state index is 0. The highest BCUT2D eigenvalue weighted by molar-refractivity contribution is 6.04. The normalized spacial score (nSPS) is 20.9. The van der Waals surface area contributed by atoms with Crippen LogP contribution in [0.25, 0.3) is 16.7 Å². The third kappa shape index (κ3) is 4.52. The van der Waals surface area contributed by atoms with Gasteiger partial charge in [-0.25, -0.2) is 4.52 Å². The van der Waals surface area contributed by atoms with E-state index in [1.165, 1.54) is 46.3 Å². The number of ketones is 1. The summed E-state index contributed by atoms with van der Waals surface area (Å²) < 4.78 is 1.86. The van der Waals surface area contributed by atoms with E-state index >= 15 is 0 Å². The number of fused-ring (bicyclic) bond motifs is 2. The zero-order valence-electron chi connectivity index (χ0n) is 22.4. The molecule has 37 heavy (non-hydrogen) atoms. The number of aryl methyl sites for hydroxylation is 1. The van der Waals surface area contributed by atoms with Crippen LogP contribution in [0.2, 0.25) is 0 Å². The van der Waals surface area contributed by atoms with Crippen molar-refractivity contribution in [1.82, 2.24) is 14.6 Å². The SMILES string of the molecule is CC1=CC(C)CC(C)=C1c1cnc2c(c1)C(c1ccn3ncc(C(=O)C4CCCCCC4)c3c1)=CCC2.[HH]. The molecule has 0 aliphatic heterocycles. The highest BCUT2D eigenvalue weighted by atomic mass is 16.1. The summed E-state index contributed by atoms with van der Waals surface area (Å²) in [6, 6.07) is 6.64. The number of nitrogens with zero attached hydrogens (tertiary/aromatic N) is 3. The highest BCUT2D eigenvalue weighted by Gasteiger charge is 2.25. The number of carbonyl (C=O) groups is 1. The number of aromatic nitrogens is 3. The Bertz CT molecular complexity index is 1470. The van der Waals surface area contributed by atoms with Gasteiger partial charge in [-0.05, 0) is 92.4 Å². The molecule has 1 atom stereocenters. The second-order valence-electron chi connectivity index (χ2n) is 11.4. The summed E-state index contributed by atoms with van der Waals surface area (Å²) in [5, 5.41) is 4.54. The molecule has 0 N–H and O–H groups in total. The fraction of sp³-hybridized carbons (Fsp3) is 0.424. The lowest BCUT2D eigenvalue weighted by Gasteiger charge is -2.24. The molecule has 1 saturated carbocycles. The van der Waals surface area contributed by atoms with E-state index in [0.717, 1.165) is 67.3 Å². The molecule has 0 spiro atoms. The number of rotatable bonds is 4. The van der Waals surface area contributed by atoms with Gasteiger partial charge in [0.1, 0.15) is 0 Å². The smallest absolute Gasteiger partial charge is 0.169 e. The fourth-order valence-corrected chi connectivity index (χ4v) is 6.86. The molecule has 192 valence electrons. The van der Waals surface area contributed by atoms with Crippen molar-refractivity contribution in [3.8, 4) is 0 Å². The summed E-state index contributed by atoms with van der Waals surface area (Å²) >= 11 is 0. The summed E-state index contributed by atoms with van der Waals surface area (Å²) in [5.74, 6) is 0.987. The molecule has 3 aliphatic carbocycles. The molecular weight excluding hydrogens is 454 g/mol. The zero-order chi connectivity index (χ0) is 25.5. The molecule has 3 aromatic rings. The standard InChI is InChI=1S/C33H37N3O.H2/c1-21-15-22(2)32(23(3)16-21)26-17-28-27(11-8-12-30(28)34-19-26)25-13-14-36-31(18-25)29(20-35-36)33(37)24-9-6-4-5-7-10-24;/h11,13-15,17-21,24H,4-10,12,16H2,1-3H3;1H. The third-order valence-electron chi connectivity index (χ3n) is 8.59. The lowest BCUT2D eigenvalue weighted by molar-refractivity contribution is 0.0909. The Hall–Kier alpha value is -3.27. The van der Waals surface area contributed by atoms with E-state index in [0.29, 0.717) is 5.92 Å². The van der Waals surface area contributed by atoms with Crippen molar-refractivity contribution in [1.29, 1.82) is 0 Å². The molecule has 0 bridgehead atoms. The van der Waals surface area contributed by atoms with E-state index in [1.54, 1.807) is 6.20 Å². The van der Waals surface area contributed by atoms with Crippen molar-refractivity contribution < 1.29 is 6.22 Å². The van der Waals surface area contributed by atoms with E-state index in [2.05, 4.69) is 62.4 Å². The fourth-order valence-electron chi connectivity index (χ4n) is 6.86. The van der Waals surface area contributed by atoms with Gasteiger partial charge in [0.05, 0.1) is 17.3 Å².